The molecule has 0 aliphatic rings. The summed E-state index contributed by atoms with van der Waals surface area (Å²) in [5.74, 6) is -1.75. The van der Waals surface area contributed by atoms with E-state index in [1.165, 1.54) is 13.2 Å². The van der Waals surface area contributed by atoms with E-state index in [1.807, 2.05) is 0 Å². The van der Waals surface area contributed by atoms with Gasteiger partial charge in [0.25, 0.3) is 0 Å². The fourth-order valence-electron chi connectivity index (χ4n) is 1.09. The summed E-state index contributed by atoms with van der Waals surface area (Å²) >= 11 is 0. The normalized spacial score (nSPS) is 9.38. The Kier molecular flexibility index (Phi) is 3.77. The minimum Gasteiger partial charge on any atom is -0.465 e. The number of amides is 1. The zero-order chi connectivity index (χ0) is 12.1. The number of nitrogens with one attached hydrogen (secondary N) is 1. The SMILES string of the molecule is C=CC(=O)Nc1cc(F)ccc1C(=O)OC. The highest BCUT2D eigenvalue weighted by molar-refractivity contribution is 6.04. The fraction of sp³-hybridized carbons (Fsp3) is 0.0909. The van der Waals surface area contributed by atoms with Crippen molar-refractivity contribution in [3.05, 3.63) is 42.2 Å². The number of methoxy groups -OCH3 is 1. The van der Waals surface area contributed by atoms with Gasteiger partial charge in [0.15, 0.2) is 0 Å². The average Bonchev–Trinajstić information content (AvgIpc) is 2.28. The van der Waals surface area contributed by atoms with Crippen LogP contribution in [0.5, 0.6) is 0 Å². The van der Waals surface area contributed by atoms with Crippen molar-refractivity contribution >= 4 is 17.6 Å². The van der Waals surface area contributed by atoms with Crippen molar-refractivity contribution in [1.29, 1.82) is 0 Å². The Bertz CT molecular complexity index is 443. The topological polar surface area (TPSA) is 55.4 Å². The molecule has 1 rings (SSSR count). The Morgan fingerprint density at radius 3 is 2.75 bits per heavy atom. The molecule has 5 heteroatoms. The second-order valence-electron chi connectivity index (χ2n) is 2.87. The predicted molar refractivity (Wildman–Crippen MR) is 56.6 cm³/mol. The quantitative estimate of drug-likeness (QED) is 0.627. The molecule has 0 unspecified atom stereocenters. The second-order valence-corrected chi connectivity index (χ2v) is 2.87. The van der Waals surface area contributed by atoms with Crippen LogP contribution in [-0.2, 0) is 9.53 Å². The average molecular weight is 223 g/mol. The molecule has 0 aromatic heterocycles. The summed E-state index contributed by atoms with van der Waals surface area (Å²) in [5.41, 5.74) is 0.135. The van der Waals surface area contributed by atoms with Gasteiger partial charge in [-0.25, -0.2) is 9.18 Å². The van der Waals surface area contributed by atoms with Crippen LogP contribution in [0.3, 0.4) is 0 Å². The van der Waals surface area contributed by atoms with Crippen molar-refractivity contribution in [1.82, 2.24) is 0 Å². The Morgan fingerprint density at radius 2 is 2.19 bits per heavy atom. The highest BCUT2D eigenvalue weighted by Crippen LogP contribution is 2.18. The van der Waals surface area contributed by atoms with Crippen LogP contribution in [0.25, 0.3) is 0 Å². The van der Waals surface area contributed by atoms with Crippen molar-refractivity contribution in [2.24, 2.45) is 0 Å². The summed E-state index contributed by atoms with van der Waals surface area (Å²) in [6.45, 7) is 3.25. The van der Waals surface area contributed by atoms with E-state index in [4.69, 9.17) is 0 Å². The van der Waals surface area contributed by atoms with Crippen molar-refractivity contribution < 1.29 is 18.7 Å². The van der Waals surface area contributed by atoms with E-state index in [2.05, 4.69) is 16.6 Å². The molecule has 1 aromatic carbocycles. The number of ether oxygens (including phenoxy) is 1. The molecule has 4 nitrogen and oxygen atoms in total. The fourth-order valence-corrected chi connectivity index (χ4v) is 1.09. The number of halogens is 1. The van der Waals surface area contributed by atoms with Crippen LogP contribution in [0.4, 0.5) is 10.1 Å². The number of rotatable bonds is 3. The molecule has 0 saturated carbocycles. The van der Waals surface area contributed by atoms with E-state index in [9.17, 15) is 14.0 Å². The van der Waals surface area contributed by atoms with Gasteiger partial charge in [0.2, 0.25) is 5.91 Å². The molecule has 0 bridgehead atoms. The molecule has 0 aliphatic carbocycles. The van der Waals surface area contributed by atoms with Gasteiger partial charge in [0.1, 0.15) is 5.82 Å². The molecule has 84 valence electrons. The van der Waals surface area contributed by atoms with Crippen molar-refractivity contribution in [2.45, 2.75) is 0 Å². The predicted octanol–water partition coefficient (Wildman–Crippen LogP) is 1.74. The molecule has 0 spiro atoms. The van der Waals surface area contributed by atoms with Gasteiger partial charge < -0.3 is 10.1 Å². The lowest BCUT2D eigenvalue weighted by molar-refractivity contribution is -0.111. The second kappa shape index (κ2) is 5.06. The van der Waals surface area contributed by atoms with E-state index >= 15 is 0 Å². The van der Waals surface area contributed by atoms with E-state index in [1.54, 1.807) is 0 Å². The zero-order valence-corrected chi connectivity index (χ0v) is 8.62. The van der Waals surface area contributed by atoms with Gasteiger partial charge in [0, 0.05) is 0 Å². The van der Waals surface area contributed by atoms with Gasteiger partial charge in [-0.05, 0) is 24.3 Å². The molecule has 1 amide bonds. The first-order valence-electron chi connectivity index (χ1n) is 4.39. The Labute approximate surface area is 91.7 Å². The monoisotopic (exact) mass is 223 g/mol. The molecule has 0 heterocycles. The van der Waals surface area contributed by atoms with E-state index < -0.39 is 17.7 Å². The number of hydrogen-bond donors (Lipinski definition) is 1. The summed E-state index contributed by atoms with van der Waals surface area (Å²) < 4.78 is 17.4. The number of carbonyl (C=O) groups is 2. The maximum atomic E-state index is 12.9. The zero-order valence-electron chi connectivity index (χ0n) is 8.62. The largest absolute Gasteiger partial charge is 0.465 e. The number of esters is 1. The van der Waals surface area contributed by atoms with E-state index in [-0.39, 0.29) is 11.3 Å². The molecule has 0 radical (unpaired) electrons. The van der Waals surface area contributed by atoms with Crippen LogP contribution in [0.15, 0.2) is 30.9 Å². The lowest BCUT2D eigenvalue weighted by Crippen LogP contribution is -2.13. The summed E-state index contributed by atoms with van der Waals surface area (Å²) in [6, 6.07) is 3.38. The number of benzene rings is 1. The summed E-state index contributed by atoms with van der Waals surface area (Å²) in [4.78, 5) is 22.3. The number of anilines is 1. The van der Waals surface area contributed by atoms with Crippen LogP contribution in [-0.4, -0.2) is 19.0 Å². The minimum absolute atomic E-state index is 0.0525. The van der Waals surface area contributed by atoms with Gasteiger partial charge in [-0.1, -0.05) is 6.58 Å². The maximum absolute atomic E-state index is 12.9. The van der Waals surface area contributed by atoms with Crippen LogP contribution in [0.2, 0.25) is 0 Å². The molecule has 0 aliphatic heterocycles. The smallest absolute Gasteiger partial charge is 0.339 e. The molecular formula is C11H10FNO3. The highest BCUT2D eigenvalue weighted by atomic mass is 19.1. The van der Waals surface area contributed by atoms with Crippen LogP contribution >= 0.6 is 0 Å². The first-order valence-corrected chi connectivity index (χ1v) is 4.39. The van der Waals surface area contributed by atoms with Crippen LogP contribution in [0.1, 0.15) is 10.4 Å². The van der Waals surface area contributed by atoms with E-state index in [0.717, 1.165) is 18.2 Å². The van der Waals surface area contributed by atoms with Crippen molar-refractivity contribution in [2.75, 3.05) is 12.4 Å². The van der Waals surface area contributed by atoms with Gasteiger partial charge >= 0.3 is 5.97 Å². The molecule has 0 fully saturated rings. The third-order valence-corrected chi connectivity index (χ3v) is 1.83. The molecule has 0 atom stereocenters. The first-order chi connectivity index (χ1) is 7.58. The summed E-state index contributed by atoms with van der Waals surface area (Å²) in [6.07, 6.45) is 1.02. The maximum Gasteiger partial charge on any atom is 0.339 e. The third kappa shape index (κ3) is 2.66. The summed E-state index contributed by atoms with van der Waals surface area (Å²) in [7, 11) is 1.20. The number of carbonyl (C=O) groups excluding carboxylic acids is 2. The minimum atomic E-state index is -0.653. The lowest BCUT2D eigenvalue weighted by atomic mass is 10.1. The molecular weight excluding hydrogens is 213 g/mol. The molecule has 1 aromatic rings. The van der Waals surface area contributed by atoms with E-state index in [0.29, 0.717) is 0 Å². The Balaban J connectivity index is 3.12. The standard InChI is InChI=1S/C11H10FNO3/c1-3-10(14)13-9-6-7(12)4-5-8(9)11(15)16-2/h3-6H,1H2,2H3,(H,13,14). The number of hydrogen-bond acceptors (Lipinski definition) is 3. The van der Waals surface area contributed by atoms with Crippen molar-refractivity contribution in [3.63, 3.8) is 0 Å². The lowest BCUT2D eigenvalue weighted by Gasteiger charge is -2.08. The van der Waals surface area contributed by atoms with Crippen LogP contribution < -0.4 is 5.32 Å². The molecule has 16 heavy (non-hydrogen) atoms. The first kappa shape index (κ1) is 11.9. The van der Waals surface area contributed by atoms with Crippen molar-refractivity contribution in [3.8, 4) is 0 Å². The third-order valence-electron chi connectivity index (χ3n) is 1.83. The van der Waals surface area contributed by atoms with Gasteiger partial charge in [-0.15, -0.1) is 0 Å². The van der Waals surface area contributed by atoms with Gasteiger partial charge in [0.05, 0.1) is 18.4 Å². The highest BCUT2D eigenvalue weighted by Gasteiger charge is 2.13. The summed E-state index contributed by atoms with van der Waals surface area (Å²) in [5, 5.41) is 2.32. The molecule has 0 saturated heterocycles. The Morgan fingerprint density at radius 1 is 1.50 bits per heavy atom. The van der Waals surface area contributed by atoms with Gasteiger partial charge in [-0.3, -0.25) is 4.79 Å². The molecule has 1 N–H and O–H groups in total. The Hall–Kier alpha value is -2.17. The van der Waals surface area contributed by atoms with Gasteiger partial charge in [-0.2, -0.15) is 0 Å². The van der Waals surface area contributed by atoms with Crippen LogP contribution in [0, 0.1) is 5.82 Å².